The van der Waals surface area contributed by atoms with Crippen LogP contribution in [0.2, 0.25) is 0 Å². The Bertz CT molecular complexity index is 612. The highest BCUT2D eigenvalue weighted by Gasteiger charge is 2.37. The highest BCUT2D eigenvalue weighted by molar-refractivity contribution is 7.15. The van der Waals surface area contributed by atoms with Crippen molar-refractivity contribution in [1.29, 1.82) is 0 Å². The summed E-state index contributed by atoms with van der Waals surface area (Å²) in [6.07, 6.45) is 5.46. The van der Waals surface area contributed by atoms with Gasteiger partial charge in [0.2, 0.25) is 5.91 Å². The Labute approximate surface area is 146 Å². The lowest BCUT2D eigenvalue weighted by molar-refractivity contribution is -0.120. The van der Waals surface area contributed by atoms with Crippen LogP contribution in [0.1, 0.15) is 57.0 Å². The molecule has 2 aliphatic rings. The van der Waals surface area contributed by atoms with Gasteiger partial charge in [-0.15, -0.1) is 11.3 Å². The Morgan fingerprint density at radius 2 is 2.00 bits per heavy atom. The summed E-state index contributed by atoms with van der Waals surface area (Å²) in [6, 6.07) is -0.472. The second kappa shape index (κ2) is 6.70. The van der Waals surface area contributed by atoms with Crippen LogP contribution in [-0.2, 0) is 22.4 Å². The van der Waals surface area contributed by atoms with Crippen molar-refractivity contribution in [1.82, 2.24) is 9.88 Å². The largest absolute Gasteiger partial charge is 0.444 e. The van der Waals surface area contributed by atoms with Crippen LogP contribution < -0.4 is 5.32 Å². The number of ether oxygens (including phenoxy) is 1. The number of rotatable bonds is 2. The summed E-state index contributed by atoms with van der Waals surface area (Å²) >= 11 is 1.56. The summed E-state index contributed by atoms with van der Waals surface area (Å²) in [5.41, 5.74) is 0.562. The predicted octanol–water partition coefficient (Wildman–Crippen LogP) is 3.36. The van der Waals surface area contributed by atoms with Crippen LogP contribution in [0.4, 0.5) is 9.93 Å². The second-order valence-electron chi connectivity index (χ2n) is 7.42. The van der Waals surface area contributed by atoms with E-state index in [1.807, 2.05) is 20.8 Å². The third-order valence-corrected chi connectivity index (χ3v) is 5.33. The van der Waals surface area contributed by atoms with Crippen molar-refractivity contribution in [3.63, 3.8) is 0 Å². The predicted molar refractivity (Wildman–Crippen MR) is 93.3 cm³/mol. The highest BCUT2D eigenvalue weighted by atomic mass is 32.1. The van der Waals surface area contributed by atoms with E-state index >= 15 is 0 Å². The molecule has 0 unspecified atom stereocenters. The lowest BCUT2D eigenvalue weighted by Crippen LogP contribution is -2.45. The minimum Gasteiger partial charge on any atom is -0.444 e. The van der Waals surface area contributed by atoms with E-state index in [0.717, 1.165) is 25.0 Å². The molecule has 2 heterocycles. The van der Waals surface area contributed by atoms with Crippen molar-refractivity contribution in [2.45, 2.75) is 70.9 Å². The van der Waals surface area contributed by atoms with Gasteiger partial charge in [0.05, 0.1) is 5.69 Å². The van der Waals surface area contributed by atoms with Gasteiger partial charge in [-0.25, -0.2) is 9.78 Å². The van der Waals surface area contributed by atoms with E-state index in [4.69, 9.17) is 4.74 Å². The SMILES string of the molecule is CC(C)(C)OC(=O)N1CCC[C@H]1C(=O)Nc1nc2c(s1)CCCC2. The van der Waals surface area contributed by atoms with Crippen molar-refractivity contribution >= 4 is 28.5 Å². The number of anilines is 1. The molecule has 1 saturated heterocycles. The molecule has 1 N–H and O–H groups in total. The number of nitrogens with one attached hydrogen (secondary N) is 1. The maximum Gasteiger partial charge on any atom is 0.410 e. The highest BCUT2D eigenvalue weighted by Crippen LogP contribution is 2.30. The van der Waals surface area contributed by atoms with Gasteiger partial charge >= 0.3 is 6.09 Å². The zero-order valence-corrected chi connectivity index (χ0v) is 15.4. The number of thiazole rings is 1. The standard InChI is InChI=1S/C17H25N3O3S/c1-17(2,3)23-16(22)20-10-6-8-12(20)14(21)19-15-18-11-7-4-5-9-13(11)24-15/h12H,4-10H2,1-3H3,(H,18,19,21)/t12-/m0/s1. The molecule has 7 heteroatoms. The molecule has 1 aliphatic carbocycles. The average Bonchev–Trinajstić information content (AvgIpc) is 3.11. The van der Waals surface area contributed by atoms with Crippen LogP contribution in [0, 0.1) is 0 Å². The number of likely N-dealkylation sites (tertiary alicyclic amines) is 1. The van der Waals surface area contributed by atoms with Gasteiger partial charge in [-0.1, -0.05) is 0 Å². The van der Waals surface area contributed by atoms with Crippen molar-refractivity contribution in [2.75, 3.05) is 11.9 Å². The van der Waals surface area contributed by atoms with Crippen molar-refractivity contribution in [3.05, 3.63) is 10.6 Å². The summed E-state index contributed by atoms with van der Waals surface area (Å²) in [7, 11) is 0. The smallest absolute Gasteiger partial charge is 0.410 e. The molecule has 132 valence electrons. The van der Waals surface area contributed by atoms with E-state index in [1.54, 1.807) is 11.3 Å². The first-order valence-corrected chi connectivity index (χ1v) is 9.44. The maximum absolute atomic E-state index is 12.6. The summed E-state index contributed by atoms with van der Waals surface area (Å²) < 4.78 is 5.41. The molecule has 0 radical (unpaired) electrons. The Morgan fingerprint density at radius 3 is 2.71 bits per heavy atom. The molecule has 0 aromatic carbocycles. The Balaban J connectivity index is 1.65. The van der Waals surface area contributed by atoms with Gasteiger partial charge < -0.3 is 10.1 Å². The molecule has 0 bridgehead atoms. The van der Waals surface area contributed by atoms with Crippen LogP contribution >= 0.6 is 11.3 Å². The normalized spacial score (nSPS) is 20.6. The number of aryl methyl sites for hydroxylation is 2. The van der Waals surface area contributed by atoms with Crippen molar-refractivity contribution in [3.8, 4) is 0 Å². The number of hydrogen-bond acceptors (Lipinski definition) is 5. The molecule has 1 aromatic heterocycles. The number of fused-ring (bicyclic) bond motifs is 1. The van der Waals surface area contributed by atoms with Crippen LogP contribution in [0.5, 0.6) is 0 Å². The minimum atomic E-state index is -0.560. The molecule has 2 amide bonds. The Hall–Kier alpha value is -1.63. The van der Waals surface area contributed by atoms with Gasteiger partial charge in [-0.2, -0.15) is 0 Å². The lowest BCUT2D eigenvalue weighted by Gasteiger charge is -2.27. The Kier molecular flexibility index (Phi) is 4.80. The minimum absolute atomic E-state index is 0.163. The van der Waals surface area contributed by atoms with Crippen molar-refractivity contribution < 1.29 is 14.3 Å². The summed E-state index contributed by atoms with van der Waals surface area (Å²) in [5.74, 6) is -0.163. The maximum atomic E-state index is 12.6. The average molecular weight is 351 g/mol. The monoisotopic (exact) mass is 351 g/mol. The van der Waals surface area contributed by atoms with Gasteiger partial charge in [0.15, 0.2) is 5.13 Å². The molecular weight excluding hydrogens is 326 g/mol. The molecular formula is C17H25N3O3S. The van der Waals surface area contributed by atoms with Gasteiger partial charge in [0, 0.05) is 11.4 Å². The topological polar surface area (TPSA) is 71.5 Å². The molecule has 1 aromatic rings. The summed E-state index contributed by atoms with van der Waals surface area (Å²) in [4.78, 5) is 32.3. The zero-order valence-electron chi connectivity index (χ0n) is 14.6. The molecule has 1 aliphatic heterocycles. The number of hydrogen-bond donors (Lipinski definition) is 1. The van der Waals surface area contributed by atoms with Crippen LogP contribution in [0.25, 0.3) is 0 Å². The number of carbonyl (C=O) groups excluding carboxylic acids is 2. The fourth-order valence-electron chi connectivity index (χ4n) is 3.17. The first-order chi connectivity index (χ1) is 11.3. The van der Waals surface area contributed by atoms with E-state index in [9.17, 15) is 9.59 Å². The first-order valence-electron chi connectivity index (χ1n) is 8.62. The van der Waals surface area contributed by atoms with Crippen molar-refractivity contribution in [2.24, 2.45) is 0 Å². The number of nitrogens with zero attached hydrogens (tertiary/aromatic N) is 2. The van der Waals surface area contributed by atoms with Gasteiger partial charge in [-0.3, -0.25) is 9.69 Å². The van der Waals surface area contributed by atoms with E-state index < -0.39 is 17.7 Å². The second-order valence-corrected chi connectivity index (χ2v) is 8.50. The molecule has 0 saturated carbocycles. The van der Waals surface area contributed by atoms with E-state index in [1.165, 1.54) is 22.6 Å². The third-order valence-electron chi connectivity index (χ3n) is 4.26. The van der Waals surface area contributed by atoms with Crippen LogP contribution in [0.15, 0.2) is 0 Å². The quantitative estimate of drug-likeness (QED) is 0.887. The van der Waals surface area contributed by atoms with E-state index in [0.29, 0.717) is 18.1 Å². The lowest BCUT2D eigenvalue weighted by atomic mass is 10.0. The molecule has 0 spiro atoms. The van der Waals surface area contributed by atoms with E-state index in [-0.39, 0.29) is 5.91 Å². The fourth-order valence-corrected chi connectivity index (χ4v) is 4.23. The molecule has 1 atom stereocenters. The molecule has 1 fully saturated rings. The number of amides is 2. The number of aromatic nitrogens is 1. The summed E-state index contributed by atoms with van der Waals surface area (Å²) in [6.45, 7) is 6.05. The third kappa shape index (κ3) is 3.88. The molecule has 3 rings (SSSR count). The molecule has 6 nitrogen and oxygen atoms in total. The van der Waals surface area contributed by atoms with Gasteiger partial charge in [-0.05, 0) is 59.3 Å². The van der Waals surface area contributed by atoms with Gasteiger partial charge in [0.1, 0.15) is 11.6 Å². The number of carbonyl (C=O) groups is 2. The van der Waals surface area contributed by atoms with Gasteiger partial charge in [0.25, 0.3) is 0 Å². The summed E-state index contributed by atoms with van der Waals surface area (Å²) in [5, 5.41) is 3.56. The molecule has 24 heavy (non-hydrogen) atoms. The van der Waals surface area contributed by atoms with E-state index in [2.05, 4.69) is 10.3 Å². The zero-order chi connectivity index (χ0) is 17.3. The van der Waals surface area contributed by atoms with Crippen LogP contribution in [-0.4, -0.2) is 40.1 Å². The fraction of sp³-hybridized carbons (Fsp3) is 0.706. The van der Waals surface area contributed by atoms with Crippen LogP contribution in [0.3, 0.4) is 0 Å². The Morgan fingerprint density at radius 1 is 1.25 bits per heavy atom. The first kappa shape index (κ1) is 17.2.